The monoisotopic (exact) mass is 223 g/mol. The molecule has 2 N–H and O–H groups in total. The van der Waals surface area contributed by atoms with Crippen LogP contribution in [0.3, 0.4) is 0 Å². The van der Waals surface area contributed by atoms with E-state index in [4.69, 9.17) is 19.9 Å². The average molecular weight is 223 g/mol. The van der Waals surface area contributed by atoms with Gasteiger partial charge in [0.15, 0.2) is 11.5 Å². The summed E-state index contributed by atoms with van der Waals surface area (Å²) < 4.78 is 16.0. The summed E-state index contributed by atoms with van der Waals surface area (Å²) in [6.45, 7) is 0.736. The quantitative estimate of drug-likeness (QED) is 0.776. The summed E-state index contributed by atoms with van der Waals surface area (Å²) in [5.41, 5.74) is 6.45. The summed E-state index contributed by atoms with van der Waals surface area (Å²) in [6.07, 6.45) is 2.51. The predicted molar refractivity (Wildman–Crippen MR) is 62.2 cm³/mol. The van der Waals surface area contributed by atoms with Crippen LogP contribution in [0.15, 0.2) is 12.1 Å². The first-order valence-electron chi connectivity index (χ1n) is 5.39. The van der Waals surface area contributed by atoms with Crippen molar-refractivity contribution in [3.63, 3.8) is 0 Å². The molecule has 0 amide bonds. The van der Waals surface area contributed by atoms with Crippen LogP contribution in [0.4, 0.5) is 5.69 Å². The third-order valence-corrected chi connectivity index (χ3v) is 2.69. The lowest BCUT2D eigenvalue weighted by Gasteiger charge is -2.13. The van der Waals surface area contributed by atoms with Crippen molar-refractivity contribution in [2.75, 3.05) is 26.6 Å². The van der Waals surface area contributed by atoms with Crippen molar-refractivity contribution in [1.82, 2.24) is 0 Å². The van der Waals surface area contributed by atoms with Crippen molar-refractivity contribution in [3.8, 4) is 17.2 Å². The van der Waals surface area contributed by atoms with E-state index in [-0.39, 0.29) is 0 Å². The van der Waals surface area contributed by atoms with Crippen LogP contribution < -0.4 is 19.9 Å². The van der Waals surface area contributed by atoms with Crippen LogP contribution in [0.1, 0.15) is 12.8 Å². The van der Waals surface area contributed by atoms with Gasteiger partial charge in [-0.15, -0.1) is 0 Å². The maximum Gasteiger partial charge on any atom is 0.164 e. The molecule has 0 heterocycles. The molecule has 0 atom stereocenters. The van der Waals surface area contributed by atoms with Crippen LogP contribution in [0.25, 0.3) is 0 Å². The lowest BCUT2D eigenvalue weighted by atomic mass is 10.2. The van der Waals surface area contributed by atoms with Crippen molar-refractivity contribution < 1.29 is 14.2 Å². The zero-order valence-corrected chi connectivity index (χ0v) is 9.66. The highest BCUT2D eigenvalue weighted by Gasteiger charge is 2.22. The van der Waals surface area contributed by atoms with Gasteiger partial charge in [0.25, 0.3) is 0 Å². The molecule has 0 spiro atoms. The fourth-order valence-corrected chi connectivity index (χ4v) is 1.49. The molecule has 0 aromatic heterocycles. The SMILES string of the molecule is COc1cc(N)c(OCC2CC2)cc1OC. The first kappa shape index (κ1) is 10.9. The number of anilines is 1. The van der Waals surface area contributed by atoms with Crippen molar-refractivity contribution in [2.45, 2.75) is 12.8 Å². The number of hydrogen-bond donors (Lipinski definition) is 1. The molecule has 0 bridgehead atoms. The molecule has 1 aromatic carbocycles. The van der Waals surface area contributed by atoms with Gasteiger partial charge in [-0.25, -0.2) is 0 Å². The molecular weight excluding hydrogens is 206 g/mol. The Morgan fingerprint density at radius 2 is 1.75 bits per heavy atom. The summed E-state index contributed by atoms with van der Waals surface area (Å²) in [5.74, 6) is 2.64. The molecular formula is C12H17NO3. The smallest absolute Gasteiger partial charge is 0.164 e. The van der Waals surface area contributed by atoms with E-state index < -0.39 is 0 Å². The maximum atomic E-state index is 5.87. The van der Waals surface area contributed by atoms with Gasteiger partial charge in [-0.1, -0.05) is 0 Å². The molecule has 88 valence electrons. The van der Waals surface area contributed by atoms with Crippen LogP contribution in [0.2, 0.25) is 0 Å². The highest BCUT2D eigenvalue weighted by molar-refractivity contribution is 5.61. The van der Waals surface area contributed by atoms with E-state index in [0.29, 0.717) is 28.9 Å². The fourth-order valence-electron chi connectivity index (χ4n) is 1.49. The largest absolute Gasteiger partial charge is 0.493 e. The van der Waals surface area contributed by atoms with Gasteiger partial charge in [0.1, 0.15) is 5.75 Å². The fraction of sp³-hybridized carbons (Fsp3) is 0.500. The lowest BCUT2D eigenvalue weighted by Crippen LogP contribution is -2.03. The second-order valence-corrected chi connectivity index (χ2v) is 4.00. The molecule has 4 nitrogen and oxygen atoms in total. The molecule has 0 radical (unpaired) electrons. The van der Waals surface area contributed by atoms with E-state index in [1.165, 1.54) is 12.8 Å². The zero-order chi connectivity index (χ0) is 11.5. The van der Waals surface area contributed by atoms with Crippen molar-refractivity contribution in [2.24, 2.45) is 5.92 Å². The summed E-state index contributed by atoms with van der Waals surface area (Å²) in [7, 11) is 3.18. The van der Waals surface area contributed by atoms with Crippen molar-refractivity contribution in [3.05, 3.63) is 12.1 Å². The van der Waals surface area contributed by atoms with Crippen molar-refractivity contribution in [1.29, 1.82) is 0 Å². The Hall–Kier alpha value is -1.58. The number of rotatable bonds is 5. The van der Waals surface area contributed by atoms with Gasteiger partial charge in [-0.05, 0) is 18.8 Å². The summed E-state index contributed by atoms with van der Waals surface area (Å²) in [5, 5.41) is 0. The molecule has 0 unspecified atom stereocenters. The minimum Gasteiger partial charge on any atom is -0.493 e. The molecule has 4 heteroatoms. The molecule has 16 heavy (non-hydrogen) atoms. The molecule has 1 saturated carbocycles. The van der Waals surface area contributed by atoms with Gasteiger partial charge in [0.2, 0.25) is 0 Å². The number of hydrogen-bond acceptors (Lipinski definition) is 4. The Morgan fingerprint density at radius 3 is 2.31 bits per heavy atom. The van der Waals surface area contributed by atoms with E-state index in [2.05, 4.69) is 0 Å². The predicted octanol–water partition coefficient (Wildman–Crippen LogP) is 2.07. The summed E-state index contributed by atoms with van der Waals surface area (Å²) in [6, 6.07) is 3.50. The third-order valence-electron chi connectivity index (χ3n) is 2.69. The first-order valence-corrected chi connectivity index (χ1v) is 5.39. The molecule has 1 aliphatic carbocycles. The maximum absolute atomic E-state index is 5.87. The molecule has 0 aliphatic heterocycles. The minimum absolute atomic E-state index is 0.582. The number of nitrogen functional groups attached to an aromatic ring is 1. The zero-order valence-electron chi connectivity index (χ0n) is 9.66. The van der Waals surface area contributed by atoms with Gasteiger partial charge in [-0.3, -0.25) is 0 Å². The number of benzene rings is 1. The van der Waals surface area contributed by atoms with Gasteiger partial charge in [0.05, 0.1) is 26.5 Å². The number of ether oxygens (including phenoxy) is 3. The van der Waals surface area contributed by atoms with Gasteiger partial charge in [-0.2, -0.15) is 0 Å². The average Bonchev–Trinajstić information content (AvgIpc) is 3.11. The van der Waals surface area contributed by atoms with Gasteiger partial charge >= 0.3 is 0 Å². The third kappa shape index (κ3) is 2.32. The van der Waals surface area contributed by atoms with Crippen LogP contribution >= 0.6 is 0 Å². The van der Waals surface area contributed by atoms with Gasteiger partial charge < -0.3 is 19.9 Å². The normalized spacial score (nSPS) is 14.6. The minimum atomic E-state index is 0.582. The Balaban J connectivity index is 2.15. The topological polar surface area (TPSA) is 53.7 Å². The van der Waals surface area contributed by atoms with E-state index in [9.17, 15) is 0 Å². The first-order chi connectivity index (χ1) is 7.74. The Labute approximate surface area is 95.3 Å². The van der Waals surface area contributed by atoms with Crippen LogP contribution in [-0.2, 0) is 0 Å². The van der Waals surface area contributed by atoms with E-state index in [0.717, 1.165) is 6.61 Å². The second kappa shape index (κ2) is 4.51. The van der Waals surface area contributed by atoms with Crippen LogP contribution in [-0.4, -0.2) is 20.8 Å². The Bertz CT molecular complexity index is 375. The van der Waals surface area contributed by atoms with E-state index in [1.54, 1.807) is 26.4 Å². The van der Waals surface area contributed by atoms with Gasteiger partial charge in [0, 0.05) is 12.1 Å². The summed E-state index contributed by atoms with van der Waals surface area (Å²) in [4.78, 5) is 0. The van der Waals surface area contributed by atoms with E-state index in [1.807, 2.05) is 0 Å². The number of nitrogens with two attached hydrogens (primary N) is 1. The standard InChI is InChI=1S/C12H17NO3/c1-14-11-5-9(13)10(6-12(11)15-2)16-7-8-3-4-8/h5-6,8H,3-4,7,13H2,1-2H3. The van der Waals surface area contributed by atoms with Crippen LogP contribution in [0, 0.1) is 5.92 Å². The molecule has 1 fully saturated rings. The number of methoxy groups -OCH3 is 2. The molecule has 1 aromatic rings. The highest BCUT2D eigenvalue weighted by Crippen LogP contribution is 2.37. The highest BCUT2D eigenvalue weighted by atomic mass is 16.5. The summed E-state index contributed by atoms with van der Waals surface area (Å²) >= 11 is 0. The molecule has 1 aliphatic rings. The Morgan fingerprint density at radius 1 is 1.12 bits per heavy atom. The van der Waals surface area contributed by atoms with Crippen molar-refractivity contribution >= 4 is 5.69 Å². The lowest BCUT2D eigenvalue weighted by molar-refractivity contribution is 0.296. The second-order valence-electron chi connectivity index (χ2n) is 4.00. The molecule has 2 rings (SSSR count). The van der Waals surface area contributed by atoms with E-state index >= 15 is 0 Å². The van der Waals surface area contributed by atoms with Crippen LogP contribution in [0.5, 0.6) is 17.2 Å². The Kier molecular flexibility index (Phi) is 3.08. The molecule has 0 saturated heterocycles.